The van der Waals surface area contributed by atoms with Crippen LogP contribution in [-0.2, 0) is 27.9 Å². The fraction of sp³-hybridized carbons (Fsp3) is 0.855. The summed E-state index contributed by atoms with van der Waals surface area (Å²) < 4.78 is 30.4. The Hall–Kier alpha value is -2.03. The van der Waals surface area contributed by atoms with E-state index < -0.39 is 20.0 Å². The van der Waals surface area contributed by atoms with Gasteiger partial charge in [-0.15, -0.1) is 0 Å². The zero-order valence-corrected chi connectivity index (χ0v) is 54.0. The molecule has 0 heterocycles. The lowest BCUT2D eigenvalue weighted by Gasteiger charge is -2.30. The molecule has 9 nitrogen and oxygen atoms in total. The van der Waals surface area contributed by atoms with Gasteiger partial charge < -0.3 is 28.5 Å². The molecule has 79 heavy (non-hydrogen) atoms. The zero-order chi connectivity index (χ0) is 57.9. The molecule has 0 rings (SSSR count). The minimum atomic E-state index is -4.70. The first kappa shape index (κ1) is 77.0. The number of allylic oxidation sites excluding steroid dienone is 7. The van der Waals surface area contributed by atoms with Gasteiger partial charge in [-0.25, -0.2) is 0 Å². The van der Waals surface area contributed by atoms with E-state index in [4.69, 9.17) is 13.8 Å². The molecule has 10 heteroatoms. The first-order valence-corrected chi connectivity index (χ1v) is 35.4. The van der Waals surface area contributed by atoms with Gasteiger partial charge in [0.2, 0.25) is 5.91 Å². The predicted octanol–water partition coefficient (Wildman–Crippen LogP) is 20.6. The maximum Gasteiger partial charge on any atom is 0.306 e. The van der Waals surface area contributed by atoms with Crippen LogP contribution in [0.1, 0.15) is 329 Å². The largest absolute Gasteiger partial charge is 0.756 e. The van der Waals surface area contributed by atoms with Crippen LogP contribution in [0.5, 0.6) is 0 Å². The first-order chi connectivity index (χ1) is 38.4. The molecule has 0 aromatic carbocycles. The number of hydrogen-bond acceptors (Lipinski definition) is 7. The van der Waals surface area contributed by atoms with E-state index in [0.717, 1.165) is 64.2 Å². The molecule has 0 aromatic rings. The van der Waals surface area contributed by atoms with E-state index in [9.17, 15) is 19.0 Å². The molecular formula is C69H131N2O7P. The molecule has 0 radical (unpaired) electrons. The maximum absolute atomic E-state index is 13.6. The Morgan fingerprint density at radius 2 is 0.772 bits per heavy atom. The van der Waals surface area contributed by atoms with Crippen LogP contribution in [0.25, 0.3) is 0 Å². The van der Waals surface area contributed by atoms with Crippen molar-refractivity contribution < 1.29 is 37.3 Å². The van der Waals surface area contributed by atoms with E-state index >= 15 is 0 Å². The number of hydrogen-bond donors (Lipinski definition) is 1. The van der Waals surface area contributed by atoms with Crippen molar-refractivity contribution in [3.05, 3.63) is 48.6 Å². The second kappa shape index (κ2) is 59.1. The Labute approximate surface area is 490 Å². The molecule has 0 fully saturated rings. The highest BCUT2D eigenvalue weighted by molar-refractivity contribution is 7.45. The summed E-state index contributed by atoms with van der Waals surface area (Å²) in [5.74, 6) is -0.533. The van der Waals surface area contributed by atoms with Gasteiger partial charge in [0, 0.05) is 12.8 Å². The van der Waals surface area contributed by atoms with Crippen molar-refractivity contribution >= 4 is 19.7 Å². The second-order valence-electron chi connectivity index (χ2n) is 24.3. The second-order valence-corrected chi connectivity index (χ2v) is 25.7. The summed E-state index contributed by atoms with van der Waals surface area (Å²) in [6.45, 7) is 6.86. The van der Waals surface area contributed by atoms with Gasteiger partial charge in [0.15, 0.2) is 0 Å². The number of nitrogens with zero attached hydrogens (tertiary/aromatic N) is 1. The van der Waals surface area contributed by atoms with Gasteiger partial charge >= 0.3 is 5.97 Å². The normalized spacial score (nSPS) is 13.9. The monoisotopic (exact) mass is 1130 g/mol. The van der Waals surface area contributed by atoms with Gasteiger partial charge in [0.05, 0.1) is 33.8 Å². The molecule has 0 aromatic heterocycles. The minimum absolute atomic E-state index is 0.0220. The summed E-state index contributed by atoms with van der Waals surface area (Å²) in [6.07, 6.45) is 73.6. The molecular weight excluding hydrogens is 1000 g/mol. The number of nitrogens with one attached hydrogen (secondary N) is 1. The number of quaternary nitrogens is 1. The van der Waals surface area contributed by atoms with Crippen LogP contribution in [0, 0.1) is 0 Å². The Balaban J connectivity index is 5.17. The maximum atomic E-state index is 13.6. The lowest BCUT2D eigenvalue weighted by molar-refractivity contribution is -0.870. The standard InChI is InChI=1S/C69H131N2O7P/c1-7-10-13-16-19-22-25-28-30-32-34-35-37-39-41-44-47-50-53-56-59-62-69(73)78-67(60-57-54-51-48-45-42-27-24-21-18-15-12-9-3)66(65-77-79(74,75)76-64-63-71(4,5)6)70-68(72)61-58-55-52-49-46-43-40-38-36-33-31-29-26-23-20-17-14-11-8-2/h19,22,28-31,57,60,66-67H,7-18,20-21,23-27,32-56,58-59,61-65H2,1-6H3,(H-,70,72,74,75)/b22-19-,30-28-,31-29+,60-57+. The van der Waals surface area contributed by atoms with Crippen LogP contribution in [0.15, 0.2) is 48.6 Å². The molecule has 3 unspecified atom stereocenters. The Morgan fingerprint density at radius 3 is 1.18 bits per heavy atom. The number of carbonyl (C=O) groups excluding carboxylic acids is 2. The van der Waals surface area contributed by atoms with Gasteiger partial charge in [-0.3, -0.25) is 14.2 Å². The van der Waals surface area contributed by atoms with Gasteiger partial charge in [-0.1, -0.05) is 275 Å². The van der Waals surface area contributed by atoms with Crippen LogP contribution in [-0.4, -0.2) is 69.4 Å². The SMILES string of the molecule is CCCCC/C=C\C/C=C\CCCCCCCCCCCCCC(=O)OC(/C=C/CCCCCCCCCCCCC)C(COP(=O)([O-])OCC[N+](C)(C)C)NC(=O)CCCCCCCCCCC/C=C/CCCCCCCC. The Morgan fingerprint density at radius 1 is 0.443 bits per heavy atom. The summed E-state index contributed by atoms with van der Waals surface area (Å²) in [5, 5.41) is 3.04. The zero-order valence-electron chi connectivity index (χ0n) is 53.1. The van der Waals surface area contributed by atoms with Gasteiger partial charge in [0.1, 0.15) is 19.3 Å². The number of ether oxygens (including phenoxy) is 1. The topological polar surface area (TPSA) is 114 Å². The number of amides is 1. The van der Waals surface area contributed by atoms with Crippen molar-refractivity contribution in [2.45, 2.75) is 341 Å². The molecule has 464 valence electrons. The molecule has 1 N–H and O–H groups in total. The van der Waals surface area contributed by atoms with Crippen LogP contribution >= 0.6 is 7.82 Å². The molecule has 0 spiro atoms. The van der Waals surface area contributed by atoms with E-state index in [-0.39, 0.29) is 31.5 Å². The fourth-order valence-electron chi connectivity index (χ4n) is 9.96. The molecule has 0 bridgehead atoms. The van der Waals surface area contributed by atoms with Crippen molar-refractivity contribution in [2.75, 3.05) is 40.9 Å². The number of carbonyl (C=O) groups is 2. The molecule has 0 aliphatic carbocycles. The molecule has 0 aliphatic heterocycles. The molecule has 1 amide bonds. The molecule has 0 saturated heterocycles. The van der Waals surface area contributed by atoms with E-state index in [1.807, 2.05) is 33.3 Å². The summed E-state index contributed by atoms with van der Waals surface area (Å²) in [6, 6.07) is -0.890. The number of esters is 1. The van der Waals surface area contributed by atoms with Crippen LogP contribution < -0.4 is 10.2 Å². The van der Waals surface area contributed by atoms with Gasteiger partial charge in [-0.05, 0) is 89.5 Å². The summed E-state index contributed by atoms with van der Waals surface area (Å²) in [4.78, 5) is 40.1. The fourth-order valence-corrected chi connectivity index (χ4v) is 10.7. The third kappa shape index (κ3) is 60.4. The van der Waals surface area contributed by atoms with Crippen molar-refractivity contribution in [1.29, 1.82) is 0 Å². The van der Waals surface area contributed by atoms with E-state index in [1.54, 1.807) is 0 Å². The van der Waals surface area contributed by atoms with E-state index in [2.05, 4.69) is 62.5 Å². The average Bonchev–Trinajstić information content (AvgIpc) is 3.41. The smallest absolute Gasteiger partial charge is 0.306 e. The summed E-state index contributed by atoms with van der Waals surface area (Å²) >= 11 is 0. The van der Waals surface area contributed by atoms with Crippen molar-refractivity contribution in [2.24, 2.45) is 0 Å². The molecule has 0 saturated carbocycles. The number of phosphoric ester groups is 1. The van der Waals surface area contributed by atoms with Crippen LogP contribution in [0.2, 0.25) is 0 Å². The van der Waals surface area contributed by atoms with Crippen molar-refractivity contribution in [3.8, 4) is 0 Å². The van der Waals surface area contributed by atoms with Crippen LogP contribution in [0.4, 0.5) is 0 Å². The van der Waals surface area contributed by atoms with E-state index in [1.165, 1.54) is 231 Å². The highest BCUT2D eigenvalue weighted by atomic mass is 31.2. The molecule has 0 aliphatic rings. The minimum Gasteiger partial charge on any atom is -0.756 e. The Bertz CT molecular complexity index is 1490. The van der Waals surface area contributed by atoms with Crippen molar-refractivity contribution in [3.63, 3.8) is 0 Å². The van der Waals surface area contributed by atoms with Crippen molar-refractivity contribution in [1.82, 2.24) is 5.32 Å². The average molecular weight is 1130 g/mol. The number of unbranched alkanes of at least 4 members (excludes halogenated alkanes) is 40. The Kier molecular flexibility index (Phi) is 57.6. The quantitative estimate of drug-likeness (QED) is 0.0212. The third-order valence-corrected chi connectivity index (χ3v) is 16.2. The first-order valence-electron chi connectivity index (χ1n) is 33.9. The van der Waals surface area contributed by atoms with Crippen LogP contribution in [0.3, 0.4) is 0 Å². The van der Waals surface area contributed by atoms with E-state index in [0.29, 0.717) is 17.4 Å². The highest BCUT2D eigenvalue weighted by Crippen LogP contribution is 2.38. The summed E-state index contributed by atoms with van der Waals surface area (Å²) in [7, 11) is 1.19. The third-order valence-electron chi connectivity index (χ3n) is 15.2. The summed E-state index contributed by atoms with van der Waals surface area (Å²) in [5.41, 5.74) is 0. The predicted molar refractivity (Wildman–Crippen MR) is 339 cm³/mol. The number of likely N-dealkylation sites (N-methyl/N-ethyl adjacent to an activating group) is 1. The lowest BCUT2D eigenvalue weighted by atomic mass is 10.0. The van der Waals surface area contributed by atoms with Gasteiger partial charge in [0.25, 0.3) is 7.82 Å². The molecule has 3 atom stereocenters. The lowest BCUT2D eigenvalue weighted by Crippen LogP contribution is -2.47. The number of rotatable bonds is 62. The highest BCUT2D eigenvalue weighted by Gasteiger charge is 2.27. The van der Waals surface area contributed by atoms with Gasteiger partial charge in [-0.2, -0.15) is 0 Å². The number of phosphoric acid groups is 1.